The van der Waals surface area contributed by atoms with Crippen LogP contribution in [-0.2, 0) is 4.79 Å². The van der Waals surface area contributed by atoms with Gasteiger partial charge in [-0.2, -0.15) is 0 Å². The number of carbonyl (C=O) groups is 1. The number of anilines is 2. The molecule has 0 atom stereocenters. The number of nitrogens with zero attached hydrogens (tertiary/aromatic N) is 4. The van der Waals surface area contributed by atoms with E-state index in [0.717, 1.165) is 37.4 Å². The van der Waals surface area contributed by atoms with Crippen LogP contribution in [-0.4, -0.2) is 41.3 Å². The zero-order valence-corrected chi connectivity index (χ0v) is 13.0. The Kier molecular flexibility index (Phi) is 4.65. The Labute approximate surface area is 134 Å². The van der Waals surface area contributed by atoms with E-state index < -0.39 is 0 Å². The molecule has 2 aromatic rings. The normalized spacial score (nSPS) is 15.3. The number of methoxy groups -OCH3 is 1. The maximum Gasteiger partial charge on any atom is 0.233 e. The smallest absolute Gasteiger partial charge is 0.233 e. The first-order valence-corrected chi connectivity index (χ1v) is 7.60. The second kappa shape index (κ2) is 7.04. The molecule has 1 saturated heterocycles. The molecule has 3 rings (SSSR count). The molecule has 7 heteroatoms. The number of pyridine rings is 1. The minimum absolute atomic E-state index is 0.0117. The first-order valence-electron chi connectivity index (χ1n) is 7.60. The molecule has 3 heterocycles. The molecule has 1 fully saturated rings. The zero-order valence-electron chi connectivity index (χ0n) is 13.0. The SMILES string of the molecule is COc1ccc(N2CCC(C(=O)Nc3cccnc3)CC2)nn1. The predicted molar refractivity (Wildman–Crippen MR) is 86.4 cm³/mol. The topological polar surface area (TPSA) is 80.2 Å². The summed E-state index contributed by atoms with van der Waals surface area (Å²) in [6, 6.07) is 7.33. The molecule has 120 valence electrons. The van der Waals surface area contributed by atoms with Crippen LogP contribution in [0.2, 0.25) is 0 Å². The van der Waals surface area contributed by atoms with E-state index >= 15 is 0 Å². The molecule has 0 bridgehead atoms. The second-order valence-electron chi connectivity index (χ2n) is 5.43. The molecule has 7 nitrogen and oxygen atoms in total. The number of nitrogens with one attached hydrogen (secondary N) is 1. The van der Waals surface area contributed by atoms with Gasteiger partial charge < -0.3 is 15.0 Å². The van der Waals surface area contributed by atoms with Crippen molar-refractivity contribution in [2.75, 3.05) is 30.4 Å². The standard InChI is InChI=1S/C16H19N5O2/c1-23-15-5-4-14(19-20-15)21-9-6-12(7-10-21)16(22)18-13-3-2-8-17-11-13/h2-5,8,11-12H,6-7,9-10H2,1H3,(H,18,22). The van der Waals surface area contributed by atoms with Crippen molar-refractivity contribution < 1.29 is 9.53 Å². The summed E-state index contributed by atoms with van der Waals surface area (Å²) in [5, 5.41) is 11.1. The minimum atomic E-state index is 0.0117. The van der Waals surface area contributed by atoms with Crippen molar-refractivity contribution in [3.05, 3.63) is 36.7 Å². The van der Waals surface area contributed by atoms with Crippen LogP contribution in [0.25, 0.3) is 0 Å². The third-order valence-electron chi connectivity index (χ3n) is 3.95. The molecule has 23 heavy (non-hydrogen) atoms. The highest BCUT2D eigenvalue weighted by Crippen LogP contribution is 2.23. The Hall–Kier alpha value is -2.70. The fraction of sp³-hybridized carbons (Fsp3) is 0.375. The van der Waals surface area contributed by atoms with Gasteiger partial charge in [0.2, 0.25) is 11.8 Å². The predicted octanol–water partition coefficient (Wildman–Crippen LogP) is 1.74. The van der Waals surface area contributed by atoms with Crippen molar-refractivity contribution in [3.63, 3.8) is 0 Å². The van der Waals surface area contributed by atoms with E-state index in [0.29, 0.717) is 5.88 Å². The first-order chi connectivity index (χ1) is 11.3. The Morgan fingerprint density at radius 3 is 2.70 bits per heavy atom. The van der Waals surface area contributed by atoms with E-state index in [4.69, 9.17) is 4.74 Å². The highest BCUT2D eigenvalue weighted by Gasteiger charge is 2.25. The number of carbonyl (C=O) groups excluding carboxylic acids is 1. The molecule has 0 aliphatic carbocycles. The third kappa shape index (κ3) is 3.74. The molecular weight excluding hydrogens is 294 g/mol. The van der Waals surface area contributed by atoms with E-state index in [9.17, 15) is 4.79 Å². The van der Waals surface area contributed by atoms with E-state index in [1.807, 2.05) is 12.1 Å². The van der Waals surface area contributed by atoms with Crippen LogP contribution in [0.1, 0.15) is 12.8 Å². The minimum Gasteiger partial charge on any atom is -0.480 e. The molecule has 1 aliphatic heterocycles. The molecule has 0 saturated carbocycles. The highest BCUT2D eigenvalue weighted by atomic mass is 16.5. The van der Waals surface area contributed by atoms with Gasteiger partial charge in [0.1, 0.15) is 0 Å². The van der Waals surface area contributed by atoms with Gasteiger partial charge in [0, 0.05) is 31.3 Å². The molecule has 0 spiro atoms. The van der Waals surface area contributed by atoms with E-state index in [1.165, 1.54) is 0 Å². The number of hydrogen-bond donors (Lipinski definition) is 1. The van der Waals surface area contributed by atoms with Crippen LogP contribution in [0.5, 0.6) is 5.88 Å². The number of piperidine rings is 1. The first kappa shape index (κ1) is 15.2. The highest BCUT2D eigenvalue weighted by molar-refractivity contribution is 5.92. The molecular formula is C16H19N5O2. The van der Waals surface area contributed by atoms with Crippen LogP contribution < -0.4 is 15.0 Å². The van der Waals surface area contributed by atoms with Crippen molar-refractivity contribution >= 4 is 17.4 Å². The van der Waals surface area contributed by atoms with Crippen molar-refractivity contribution in [2.45, 2.75) is 12.8 Å². The number of amides is 1. The number of aromatic nitrogens is 3. The summed E-state index contributed by atoms with van der Waals surface area (Å²) in [6.07, 6.45) is 4.92. The van der Waals surface area contributed by atoms with Crippen LogP contribution in [0.3, 0.4) is 0 Å². The van der Waals surface area contributed by atoms with Crippen LogP contribution in [0, 0.1) is 5.92 Å². The summed E-state index contributed by atoms with van der Waals surface area (Å²) in [5.74, 6) is 1.38. The van der Waals surface area contributed by atoms with Gasteiger partial charge in [-0.3, -0.25) is 9.78 Å². The quantitative estimate of drug-likeness (QED) is 0.926. The van der Waals surface area contributed by atoms with Crippen LogP contribution in [0.15, 0.2) is 36.7 Å². The third-order valence-corrected chi connectivity index (χ3v) is 3.95. The van der Waals surface area contributed by atoms with E-state index in [2.05, 4.69) is 25.4 Å². The largest absolute Gasteiger partial charge is 0.480 e. The number of hydrogen-bond acceptors (Lipinski definition) is 6. The Morgan fingerprint density at radius 2 is 2.09 bits per heavy atom. The number of rotatable bonds is 4. The molecule has 1 amide bonds. The summed E-state index contributed by atoms with van der Waals surface area (Å²) in [7, 11) is 1.57. The van der Waals surface area contributed by atoms with Gasteiger partial charge in [-0.05, 0) is 31.0 Å². The Bertz CT molecular complexity index is 639. The molecule has 0 unspecified atom stereocenters. The molecule has 0 radical (unpaired) electrons. The van der Waals surface area contributed by atoms with Crippen molar-refractivity contribution in [2.24, 2.45) is 5.92 Å². The summed E-state index contributed by atoms with van der Waals surface area (Å²) in [4.78, 5) is 18.4. The number of ether oxygens (including phenoxy) is 1. The summed E-state index contributed by atoms with van der Waals surface area (Å²) in [5.41, 5.74) is 0.737. The van der Waals surface area contributed by atoms with Crippen LogP contribution in [0.4, 0.5) is 11.5 Å². The van der Waals surface area contributed by atoms with Gasteiger partial charge >= 0.3 is 0 Å². The fourth-order valence-corrected chi connectivity index (χ4v) is 2.64. The van der Waals surface area contributed by atoms with Gasteiger partial charge in [0.25, 0.3) is 0 Å². The summed E-state index contributed by atoms with van der Waals surface area (Å²) < 4.78 is 5.01. The Morgan fingerprint density at radius 1 is 1.26 bits per heavy atom. The van der Waals surface area contributed by atoms with E-state index in [-0.39, 0.29) is 11.8 Å². The van der Waals surface area contributed by atoms with Gasteiger partial charge in [0.05, 0.1) is 19.0 Å². The lowest BCUT2D eigenvalue weighted by molar-refractivity contribution is -0.120. The maximum absolute atomic E-state index is 12.3. The second-order valence-corrected chi connectivity index (χ2v) is 5.43. The molecule has 1 N–H and O–H groups in total. The van der Waals surface area contributed by atoms with Gasteiger partial charge in [-0.15, -0.1) is 10.2 Å². The lowest BCUT2D eigenvalue weighted by atomic mass is 9.96. The monoisotopic (exact) mass is 313 g/mol. The molecule has 0 aromatic carbocycles. The van der Waals surface area contributed by atoms with Gasteiger partial charge in [0.15, 0.2) is 5.82 Å². The molecule has 1 aliphatic rings. The summed E-state index contributed by atoms with van der Waals surface area (Å²) in [6.45, 7) is 1.57. The van der Waals surface area contributed by atoms with Gasteiger partial charge in [-0.25, -0.2) is 0 Å². The fourth-order valence-electron chi connectivity index (χ4n) is 2.64. The van der Waals surface area contributed by atoms with Crippen molar-refractivity contribution in [1.82, 2.24) is 15.2 Å². The average Bonchev–Trinajstić information content (AvgIpc) is 2.63. The van der Waals surface area contributed by atoms with Crippen molar-refractivity contribution in [3.8, 4) is 5.88 Å². The van der Waals surface area contributed by atoms with Crippen LogP contribution >= 0.6 is 0 Å². The Balaban J connectivity index is 1.54. The lowest BCUT2D eigenvalue weighted by Crippen LogP contribution is -2.38. The summed E-state index contributed by atoms with van der Waals surface area (Å²) >= 11 is 0. The molecule has 2 aromatic heterocycles. The van der Waals surface area contributed by atoms with Gasteiger partial charge in [-0.1, -0.05) is 0 Å². The van der Waals surface area contributed by atoms with Crippen molar-refractivity contribution in [1.29, 1.82) is 0 Å². The lowest BCUT2D eigenvalue weighted by Gasteiger charge is -2.31. The van der Waals surface area contributed by atoms with E-state index in [1.54, 1.807) is 31.6 Å². The average molecular weight is 313 g/mol. The maximum atomic E-state index is 12.3. The zero-order chi connectivity index (χ0) is 16.1.